The lowest BCUT2D eigenvalue weighted by atomic mass is 10.1. The molecular weight excluding hydrogens is 276 g/mol. The van der Waals surface area contributed by atoms with Gasteiger partial charge in [0.2, 0.25) is 5.91 Å². The molecule has 1 amide bonds. The highest BCUT2D eigenvalue weighted by Crippen LogP contribution is 2.24. The number of rotatable bonds is 8. The Morgan fingerprint density at radius 3 is 2.91 bits per heavy atom. The van der Waals surface area contributed by atoms with Crippen LogP contribution >= 0.6 is 0 Å². The van der Waals surface area contributed by atoms with Gasteiger partial charge in [0.05, 0.1) is 6.61 Å². The second-order valence-corrected chi connectivity index (χ2v) is 6.12. The van der Waals surface area contributed by atoms with Crippen LogP contribution in [-0.4, -0.2) is 25.1 Å². The molecule has 0 bridgehead atoms. The Morgan fingerprint density at radius 1 is 1.36 bits per heavy atom. The van der Waals surface area contributed by atoms with Crippen molar-refractivity contribution >= 4 is 5.91 Å². The van der Waals surface area contributed by atoms with Crippen molar-refractivity contribution in [3.8, 4) is 5.75 Å². The Kier molecular flexibility index (Phi) is 6.72. The van der Waals surface area contributed by atoms with Gasteiger partial charge in [0.25, 0.3) is 0 Å². The molecule has 1 fully saturated rings. The van der Waals surface area contributed by atoms with Gasteiger partial charge in [-0.05, 0) is 50.2 Å². The molecule has 0 unspecified atom stereocenters. The van der Waals surface area contributed by atoms with Gasteiger partial charge >= 0.3 is 0 Å². The van der Waals surface area contributed by atoms with Crippen molar-refractivity contribution in [1.82, 2.24) is 5.32 Å². The predicted octanol–water partition coefficient (Wildman–Crippen LogP) is 2.65. The SMILES string of the molecule is CCCOc1ccccc1CCCNC(=O)[C@H]1CC[C@@H](N)C1. The van der Waals surface area contributed by atoms with E-state index in [1.165, 1.54) is 5.56 Å². The molecule has 0 saturated heterocycles. The highest BCUT2D eigenvalue weighted by Gasteiger charge is 2.27. The van der Waals surface area contributed by atoms with Crippen molar-refractivity contribution in [2.24, 2.45) is 11.7 Å². The first-order valence-electron chi connectivity index (χ1n) is 8.44. The van der Waals surface area contributed by atoms with Crippen molar-refractivity contribution in [2.75, 3.05) is 13.2 Å². The highest BCUT2D eigenvalue weighted by molar-refractivity contribution is 5.78. The molecule has 0 aromatic heterocycles. The quantitative estimate of drug-likeness (QED) is 0.726. The number of ether oxygens (including phenoxy) is 1. The largest absolute Gasteiger partial charge is 0.493 e. The molecule has 1 aliphatic rings. The normalized spacial score (nSPS) is 20.8. The Labute approximate surface area is 133 Å². The third-order valence-corrected chi connectivity index (χ3v) is 4.20. The van der Waals surface area contributed by atoms with E-state index >= 15 is 0 Å². The van der Waals surface area contributed by atoms with Gasteiger partial charge in [-0.2, -0.15) is 0 Å². The van der Waals surface area contributed by atoms with Crippen LogP contribution in [0.4, 0.5) is 0 Å². The molecule has 2 atom stereocenters. The standard InChI is InChI=1S/C18H28N2O2/c1-2-12-22-17-8-4-3-6-14(17)7-5-11-20-18(21)15-9-10-16(19)13-15/h3-4,6,8,15-16H,2,5,7,9-13,19H2,1H3,(H,20,21)/t15-,16+/m0/s1. The molecule has 1 saturated carbocycles. The minimum absolute atomic E-state index is 0.121. The third kappa shape index (κ3) is 5.02. The first kappa shape index (κ1) is 16.8. The second-order valence-electron chi connectivity index (χ2n) is 6.12. The average Bonchev–Trinajstić information content (AvgIpc) is 2.97. The summed E-state index contributed by atoms with van der Waals surface area (Å²) < 4.78 is 5.76. The number of hydrogen-bond donors (Lipinski definition) is 2. The first-order valence-corrected chi connectivity index (χ1v) is 8.44. The Hall–Kier alpha value is -1.55. The molecule has 1 aromatic rings. The summed E-state index contributed by atoms with van der Waals surface area (Å²) in [4.78, 5) is 12.0. The maximum atomic E-state index is 12.0. The van der Waals surface area contributed by atoms with E-state index in [1.807, 2.05) is 18.2 Å². The maximum absolute atomic E-state index is 12.0. The lowest BCUT2D eigenvalue weighted by Crippen LogP contribution is -2.31. The molecule has 1 aromatic carbocycles. The van der Waals surface area contributed by atoms with Gasteiger partial charge in [0, 0.05) is 18.5 Å². The number of amides is 1. The number of para-hydroxylation sites is 1. The fourth-order valence-electron chi connectivity index (χ4n) is 2.95. The van der Waals surface area contributed by atoms with Crippen LogP contribution < -0.4 is 15.8 Å². The summed E-state index contributed by atoms with van der Waals surface area (Å²) in [6.45, 7) is 3.56. The van der Waals surface area contributed by atoms with E-state index in [2.05, 4.69) is 18.3 Å². The summed E-state index contributed by atoms with van der Waals surface area (Å²) in [5.74, 6) is 1.26. The minimum atomic E-state index is 0.121. The van der Waals surface area contributed by atoms with Crippen LogP contribution in [0.3, 0.4) is 0 Å². The van der Waals surface area contributed by atoms with Crippen LogP contribution in [0, 0.1) is 5.92 Å². The lowest BCUT2D eigenvalue weighted by Gasteiger charge is -2.12. The monoisotopic (exact) mass is 304 g/mol. The van der Waals surface area contributed by atoms with Gasteiger partial charge in [-0.1, -0.05) is 25.1 Å². The highest BCUT2D eigenvalue weighted by atomic mass is 16.5. The van der Waals surface area contributed by atoms with E-state index in [-0.39, 0.29) is 17.9 Å². The summed E-state index contributed by atoms with van der Waals surface area (Å²) in [7, 11) is 0. The Balaban J connectivity index is 1.71. The molecule has 22 heavy (non-hydrogen) atoms. The topological polar surface area (TPSA) is 64.3 Å². The Bertz CT molecular complexity index is 476. The van der Waals surface area contributed by atoms with Crippen LogP contribution in [-0.2, 0) is 11.2 Å². The molecule has 4 heteroatoms. The molecule has 0 radical (unpaired) electrons. The van der Waals surface area contributed by atoms with E-state index in [0.717, 1.165) is 50.9 Å². The number of carbonyl (C=O) groups excluding carboxylic acids is 1. The fourth-order valence-corrected chi connectivity index (χ4v) is 2.95. The molecule has 0 aliphatic heterocycles. The van der Waals surface area contributed by atoms with Crippen molar-refractivity contribution < 1.29 is 9.53 Å². The summed E-state index contributed by atoms with van der Waals surface area (Å²) in [5.41, 5.74) is 7.07. The zero-order valence-corrected chi connectivity index (χ0v) is 13.5. The van der Waals surface area contributed by atoms with E-state index < -0.39 is 0 Å². The summed E-state index contributed by atoms with van der Waals surface area (Å²) in [6.07, 6.45) is 5.59. The summed E-state index contributed by atoms with van der Waals surface area (Å²) in [6, 6.07) is 8.36. The van der Waals surface area contributed by atoms with Crippen LogP contribution in [0.15, 0.2) is 24.3 Å². The number of benzene rings is 1. The minimum Gasteiger partial charge on any atom is -0.493 e. The van der Waals surface area contributed by atoms with Gasteiger partial charge in [-0.25, -0.2) is 0 Å². The van der Waals surface area contributed by atoms with Gasteiger partial charge in [-0.3, -0.25) is 4.79 Å². The molecule has 0 spiro atoms. The van der Waals surface area contributed by atoms with Crippen molar-refractivity contribution in [2.45, 2.75) is 51.5 Å². The number of nitrogens with one attached hydrogen (secondary N) is 1. The van der Waals surface area contributed by atoms with Crippen LogP contribution in [0.25, 0.3) is 0 Å². The average molecular weight is 304 g/mol. The number of hydrogen-bond acceptors (Lipinski definition) is 3. The van der Waals surface area contributed by atoms with Gasteiger partial charge in [-0.15, -0.1) is 0 Å². The van der Waals surface area contributed by atoms with Gasteiger partial charge in [0.1, 0.15) is 5.75 Å². The van der Waals surface area contributed by atoms with E-state index in [9.17, 15) is 4.79 Å². The maximum Gasteiger partial charge on any atom is 0.223 e. The van der Waals surface area contributed by atoms with Crippen molar-refractivity contribution in [3.05, 3.63) is 29.8 Å². The molecular formula is C18H28N2O2. The zero-order chi connectivity index (χ0) is 15.8. The van der Waals surface area contributed by atoms with Crippen molar-refractivity contribution in [1.29, 1.82) is 0 Å². The first-order chi connectivity index (χ1) is 10.7. The molecule has 122 valence electrons. The number of nitrogens with two attached hydrogens (primary N) is 1. The van der Waals surface area contributed by atoms with Crippen molar-refractivity contribution in [3.63, 3.8) is 0 Å². The molecule has 3 N–H and O–H groups in total. The smallest absolute Gasteiger partial charge is 0.223 e. The number of carbonyl (C=O) groups is 1. The predicted molar refractivity (Wildman–Crippen MR) is 88.9 cm³/mol. The molecule has 1 aliphatic carbocycles. The van der Waals surface area contributed by atoms with Crippen LogP contribution in [0.1, 0.15) is 44.6 Å². The summed E-state index contributed by atoms with van der Waals surface area (Å²) >= 11 is 0. The second kappa shape index (κ2) is 8.79. The van der Waals surface area contributed by atoms with Crippen LogP contribution in [0.2, 0.25) is 0 Å². The van der Waals surface area contributed by atoms with Crippen LogP contribution in [0.5, 0.6) is 5.75 Å². The molecule has 4 nitrogen and oxygen atoms in total. The van der Waals surface area contributed by atoms with E-state index in [0.29, 0.717) is 6.54 Å². The zero-order valence-electron chi connectivity index (χ0n) is 13.5. The Morgan fingerprint density at radius 2 is 2.18 bits per heavy atom. The van der Waals surface area contributed by atoms with Gasteiger partial charge in [0.15, 0.2) is 0 Å². The molecule has 0 heterocycles. The third-order valence-electron chi connectivity index (χ3n) is 4.20. The fraction of sp³-hybridized carbons (Fsp3) is 0.611. The van der Waals surface area contributed by atoms with E-state index in [4.69, 9.17) is 10.5 Å². The number of aryl methyl sites for hydroxylation is 1. The molecule has 2 rings (SSSR count). The summed E-state index contributed by atoms with van der Waals surface area (Å²) in [5, 5.41) is 3.04. The van der Waals surface area contributed by atoms with Gasteiger partial charge < -0.3 is 15.8 Å². The van der Waals surface area contributed by atoms with E-state index in [1.54, 1.807) is 0 Å². The lowest BCUT2D eigenvalue weighted by molar-refractivity contribution is -0.124.